The summed E-state index contributed by atoms with van der Waals surface area (Å²) < 4.78 is 0. The SMILES string of the molecule is Cc1cccc(NC(=O)CNC(=O)Cc2ccccc2C)c1. The van der Waals surface area contributed by atoms with Crippen molar-refractivity contribution in [3.05, 3.63) is 65.2 Å². The van der Waals surface area contributed by atoms with E-state index in [9.17, 15) is 9.59 Å². The minimum absolute atomic E-state index is 0.0291. The van der Waals surface area contributed by atoms with Crippen LogP contribution < -0.4 is 10.6 Å². The maximum absolute atomic E-state index is 11.9. The fourth-order valence-electron chi connectivity index (χ4n) is 2.15. The van der Waals surface area contributed by atoms with Gasteiger partial charge in [-0.1, -0.05) is 36.4 Å². The van der Waals surface area contributed by atoms with Gasteiger partial charge in [-0.05, 0) is 42.7 Å². The van der Waals surface area contributed by atoms with E-state index in [1.807, 2.05) is 62.4 Å². The molecule has 0 heterocycles. The number of benzene rings is 2. The highest BCUT2D eigenvalue weighted by Crippen LogP contribution is 2.09. The van der Waals surface area contributed by atoms with Crippen molar-refractivity contribution >= 4 is 17.5 Å². The Balaban J connectivity index is 1.81. The number of rotatable bonds is 5. The van der Waals surface area contributed by atoms with E-state index in [0.717, 1.165) is 22.4 Å². The minimum Gasteiger partial charge on any atom is -0.347 e. The smallest absolute Gasteiger partial charge is 0.243 e. The Kier molecular flexibility index (Phi) is 5.31. The number of carbonyl (C=O) groups is 2. The lowest BCUT2D eigenvalue weighted by molar-refractivity contribution is -0.123. The zero-order valence-electron chi connectivity index (χ0n) is 12.8. The van der Waals surface area contributed by atoms with Gasteiger partial charge in [0.15, 0.2) is 0 Å². The fourth-order valence-corrected chi connectivity index (χ4v) is 2.15. The number of anilines is 1. The van der Waals surface area contributed by atoms with Crippen LogP contribution in [0, 0.1) is 13.8 Å². The molecular formula is C18H20N2O2. The first-order valence-electron chi connectivity index (χ1n) is 7.22. The predicted octanol–water partition coefficient (Wildman–Crippen LogP) is 2.60. The van der Waals surface area contributed by atoms with Gasteiger partial charge < -0.3 is 10.6 Å². The van der Waals surface area contributed by atoms with Crippen molar-refractivity contribution in [1.82, 2.24) is 5.32 Å². The lowest BCUT2D eigenvalue weighted by atomic mass is 10.1. The van der Waals surface area contributed by atoms with Gasteiger partial charge in [0.1, 0.15) is 0 Å². The number of carbonyl (C=O) groups excluding carboxylic acids is 2. The van der Waals surface area contributed by atoms with Crippen molar-refractivity contribution in [2.24, 2.45) is 0 Å². The van der Waals surface area contributed by atoms with Gasteiger partial charge in [-0.15, -0.1) is 0 Å². The number of amides is 2. The van der Waals surface area contributed by atoms with Crippen LogP contribution in [0.1, 0.15) is 16.7 Å². The molecule has 0 unspecified atom stereocenters. The highest BCUT2D eigenvalue weighted by molar-refractivity contribution is 5.94. The topological polar surface area (TPSA) is 58.2 Å². The van der Waals surface area contributed by atoms with Crippen molar-refractivity contribution in [2.45, 2.75) is 20.3 Å². The van der Waals surface area contributed by atoms with Gasteiger partial charge in [0.2, 0.25) is 11.8 Å². The molecule has 0 saturated heterocycles. The quantitative estimate of drug-likeness (QED) is 0.891. The highest BCUT2D eigenvalue weighted by Gasteiger charge is 2.08. The normalized spacial score (nSPS) is 10.1. The van der Waals surface area contributed by atoms with Crippen LogP contribution in [0.25, 0.3) is 0 Å². The lowest BCUT2D eigenvalue weighted by Gasteiger charge is -2.08. The van der Waals surface area contributed by atoms with Crippen LogP contribution in [0.3, 0.4) is 0 Å². The third-order valence-electron chi connectivity index (χ3n) is 3.36. The molecule has 0 aliphatic heterocycles. The molecule has 0 spiro atoms. The molecule has 4 nitrogen and oxygen atoms in total. The molecule has 0 atom stereocenters. The zero-order valence-corrected chi connectivity index (χ0v) is 12.8. The molecule has 0 fully saturated rings. The molecule has 2 aromatic carbocycles. The first kappa shape index (κ1) is 15.8. The Labute approximate surface area is 130 Å². The van der Waals surface area contributed by atoms with Gasteiger partial charge in [0.05, 0.1) is 13.0 Å². The van der Waals surface area contributed by atoms with Crippen molar-refractivity contribution in [3.8, 4) is 0 Å². The molecule has 0 saturated carbocycles. The Bertz CT molecular complexity index is 680. The van der Waals surface area contributed by atoms with Crippen LogP contribution in [-0.2, 0) is 16.0 Å². The number of hydrogen-bond acceptors (Lipinski definition) is 2. The summed E-state index contributed by atoms with van der Waals surface area (Å²) in [6, 6.07) is 15.3. The van der Waals surface area contributed by atoms with E-state index in [4.69, 9.17) is 0 Å². The minimum atomic E-state index is -0.233. The molecule has 4 heteroatoms. The van der Waals surface area contributed by atoms with E-state index in [1.165, 1.54) is 0 Å². The van der Waals surface area contributed by atoms with Gasteiger partial charge in [-0.2, -0.15) is 0 Å². The largest absolute Gasteiger partial charge is 0.347 e. The van der Waals surface area contributed by atoms with Crippen LogP contribution in [0.4, 0.5) is 5.69 Å². The molecule has 0 aromatic heterocycles. The van der Waals surface area contributed by atoms with Crippen molar-refractivity contribution in [2.75, 3.05) is 11.9 Å². The molecule has 2 N–H and O–H groups in total. The predicted molar refractivity (Wildman–Crippen MR) is 87.7 cm³/mol. The second-order valence-electron chi connectivity index (χ2n) is 5.30. The molecule has 0 bridgehead atoms. The van der Waals surface area contributed by atoms with Gasteiger partial charge in [-0.3, -0.25) is 9.59 Å². The molecule has 114 valence electrons. The van der Waals surface area contributed by atoms with Crippen LogP contribution in [0.5, 0.6) is 0 Å². The molecule has 0 radical (unpaired) electrons. The first-order valence-corrected chi connectivity index (χ1v) is 7.22. The van der Waals surface area contributed by atoms with E-state index < -0.39 is 0 Å². The van der Waals surface area contributed by atoms with Gasteiger partial charge in [0.25, 0.3) is 0 Å². The van der Waals surface area contributed by atoms with E-state index in [2.05, 4.69) is 10.6 Å². The monoisotopic (exact) mass is 296 g/mol. The molecule has 2 rings (SSSR count). The lowest BCUT2D eigenvalue weighted by Crippen LogP contribution is -2.33. The van der Waals surface area contributed by atoms with Crippen molar-refractivity contribution < 1.29 is 9.59 Å². The summed E-state index contributed by atoms with van der Waals surface area (Å²) >= 11 is 0. The summed E-state index contributed by atoms with van der Waals surface area (Å²) in [5, 5.41) is 5.40. The summed E-state index contributed by atoms with van der Waals surface area (Å²) in [4.78, 5) is 23.7. The molecule has 22 heavy (non-hydrogen) atoms. The summed E-state index contributed by atoms with van der Waals surface area (Å²) in [6.45, 7) is 3.89. The van der Waals surface area contributed by atoms with E-state index in [1.54, 1.807) is 0 Å². The highest BCUT2D eigenvalue weighted by atomic mass is 16.2. The third-order valence-corrected chi connectivity index (χ3v) is 3.36. The van der Waals surface area contributed by atoms with Crippen LogP contribution in [0.2, 0.25) is 0 Å². The summed E-state index contributed by atoms with van der Waals surface area (Å²) in [5.74, 6) is -0.391. The fraction of sp³-hybridized carbons (Fsp3) is 0.222. The maximum Gasteiger partial charge on any atom is 0.243 e. The van der Waals surface area contributed by atoms with Crippen LogP contribution >= 0.6 is 0 Å². The van der Waals surface area contributed by atoms with Gasteiger partial charge in [0, 0.05) is 5.69 Å². The first-order chi connectivity index (χ1) is 10.5. The van der Waals surface area contributed by atoms with Gasteiger partial charge in [-0.25, -0.2) is 0 Å². The van der Waals surface area contributed by atoms with Crippen LogP contribution in [-0.4, -0.2) is 18.4 Å². The average molecular weight is 296 g/mol. The Morgan fingerprint density at radius 3 is 2.45 bits per heavy atom. The Hall–Kier alpha value is -2.62. The van der Waals surface area contributed by atoms with Crippen molar-refractivity contribution in [3.63, 3.8) is 0 Å². The molecule has 2 aromatic rings. The van der Waals surface area contributed by atoms with E-state index in [0.29, 0.717) is 0 Å². The second kappa shape index (κ2) is 7.41. The van der Waals surface area contributed by atoms with E-state index in [-0.39, 0.29) is 24.8 Å². The molecular weight excluding hydrogens is 276 g/mol. The second-order valence-corrected chi connectivity index (χ2v) is 5.30. The van der Waals surface area contributed by atoms with Crippen LogP contribution in [0.15, 0.2) is 48.5 Å². The third kappa shape index (κ3) is 4.74. The summed E-state index contributed by atoms with van der Waals surface area (Å²) in [7, 11) is 0. The van der Waals surface area contributed by atoms with E-state index >= 15 is 0 Å². The summed E-state index contributed by atoms with van der Waals surface area (Å²) in [6.07, 6.45) is 0.282. The average Bonchev–Trinajstić information content (AvgIpc) is 2.48. The summed E-state index contributed by atoms with van der Waals surface area (Å²) in [5.41, 5.74) is 3.85. The molecule has 0 aliphatic carbocycles. The Morgan fingerprint density at radius 1 is 0.955 bits per heavy atom. The van der Waals surface area contributed by atoms with Crippen molar-refractivity contribution in [1.29, 1.82) is 0 Å². The standard InChI is InChI=1S/C18H20N2O2/c1-13-6-5-9-16(10-13)20-18(22)12-19-17(21)11-15-8-4-3-7-14(15)2/h3-10H,11-12H2,1-2H3,(H,19,21)(H,20,22). The van der Waals surface area contributed by atoms with Gasteiger partial charge >= 0.3 is 0 Å². The Morgan fingerprint density at radius 2 is 1.73 bits per heavy atom. The number of hydrogen-bond donors (Lipinski definition) is 2. The molecule has 0 aliphatic rings. The molecule has 2 amide bonds. The number of nitrogens with one attached hydrogen (secondary N) is 2. The number of aryl methyl sites for hydroxylation is 2. The maximum atomic E-state index is 11.9. The zero-order chi connectivity index (χ0) is 15.9.